The summed E-state index contributed by atoms with van der Waals surface area (Å²) in [5, 5.41) is 0. The number of hydrogen-bond acceptors (Lipinski definition) is 1. The summed E-state index contributed by atoms with van der Waals surface area (Å²) < 4.78 is 0. The Morgan fingerprint density at radius 2 is 2.27 bits per heavy atom. The van der Waals surface area contributed by atoms with Crippen LogP contribution >= 0.6 is 0 Å². The number of carbonyl (C=O) groups excluding carboxylic acids is 1. The molecule has 1 aliphatic rings. The zero-order valence-corrected chi connectivity index (χ0v) is 7.05. The van der Waals surface area contributed by atoms with Gasteiger partial charge in [-0.15, -0.1) is 0 Å². The van der Waals surface area contributed by atoms with Crippen molar-refractivity contribution in [3.63, 3.8) is 0 Å². The van der Waals surface area contributed by atoms with E-state index < -0.39 is 0 Å². The van der Waals surface area contributed by atoms with Crippen molar-refractivity contribution < 1.29 is 4.79 Å². The van der Waals surface area contributed by atoms with Crippen molar-refractivity contribution in [1.82, 2.24) is 4.90 Å². The van der Waals surface area contributed by atoms with Gasteiger partial charge in [-0.1, -0.05) is 19.4 Å². The molecule has 0 unspecified atom stereocenters. The molecule has 1 saturated heterocycles. The van der Waals surface area contributed by atoms with E-state index in [2.05, 4.69) is 6.92 Å². The lowest BCUT2D eigenvalue weighted by Gasteiger charge is -2.29. The first-order chi connectivity index (χ1) is 5.34. The average Bonchev–Trinajstić information content (AvgIpc) is 1.84. The third-order valence-electron chi connectivity index (χ3n) is 1.88. The quantitative estimate of drug-likeness (QED) is 0.564. The van der Waals surface area contributed by atoms with Crippen LogP contribution in [0.15, 0.2) is 12.2 Å². The molecule has 0 radical (unpaired) electrons. The molecule has 0 aromatic heterocycles. The largest absolute Gasteiger partial charge is 0.339 e. The number of amides is 1. The average molecular weight is 153 g/mol. The molecule has 2 nitrogen and oxygen atoms in total. The van der Waals surface area contributed by atoms with E-state index in [4.69, 9.17) is 0 Å². The standard InChI is InChI=1S/C9H15NO/c1-2-3-4-6-9(11)10-7-5-8-10/h4,6H,2-3,5,7-8H2,1H3/b6-4+. The predicted molar refractivity (Wildman–Crippen MR) is 45.2 cm³/mol. The highest BCUT2D eigenvalue weighted by Gasteiger charge is 2.16. The van der Waals surface area contributed by atoms with E-state index in [9.17, 15) is 4.79 Å². The minimum atomic E-state index is 0.185. The lowest BCUT2D eigenvalue weighted by atomic mass is 10.2. The van der Waals surface area contributed by atoms with Gasteiger partial charge in [-0.05, 0) is 18.9 Å². The smallest absolute Gasteiger partial charge is 0.246 e. The number of unbranched alkanes of at least 4 members (excludes halogenated alkanes) is 1. The molecule has 0 bridgehead atoms. The minimum absolute atomic E-state index is 0.185. The number of hydrogen-bond donors (Lipinski definition) is 0. The van der Waals surface area contributed by atoms with Crippen LogP contribution in [-0.2, 0) is 4.79 Å². The summed E-state index contributed by atoms with van der Waals surface area (Å²) in [6.07, 6.45) is 6.96. The van der Waals surface area contributed by atoms with Crippen LogP contribution in [0.3, 0.4) is 0 Å². The van der Waals surface area contributed by atoms with Crippen LogP contribution in [0.1, 0.15) is 26.2 Å². The topological polar surface area (TPSA) is 20.3 Å². The Kier molecular flexibility index (Phi) is 3.14. The molecule has 62 valence electrons. The van der Waals surface area contributed by atoms with Gasteiger partial charge in [0.25, 0.3) is 0 Å². The van der Waals surface area contributed by atoms with E-state index in [0.29, 0.717) is 0 Å². The van der Waals surface area contributed by atoms with Crippen molar-refractivity contribution >= 4 is 5.91 Å². The number of nitrogens with zero attached hydrogens (tertiary/aromatic N) is 1. The van der Waals surface area contributed by atoms with E-state index in [1.807, 2.05) is 11.0 Å². The van der Waals surface area contributed by atoms with Gasteiger partial charge in [0.1, 0.15) is 0 Å². The highest BCUT2D eigenvalue weighted by molar-refractivity contribution is 5.88. The lowest BCUT2D eigenvalue weighted by Crippen LogP contribution is -2.41. The first-order valence-corrected chi connectivity index (χ1v) is 4.30. The Hall–Kier alpha value is -0.790. The van der Waals surface area contributed by atoms with Crippen LogP contribution in [-0.4, -0.2) is 23.9 Å². The van der Waals surface area contributed by atoms with Gasteiger partial charge >= 0.3 is 0 Å². The van der Waals surface area contributed by atoms with Crippen molar-refractivity contribution in [3.05, 3.63) is 12.2 Å². The Bertz CT molecular complexity index is 159. The molecule has 0 aromatic rings. The minimum Gasteiger partial charge on any atom is -0.339 e. The zero-order chi connectivity index (χ0) is 8.10. The van der Waals surface area contributed by atoms with Gasteiger partial charge in [0, 0.05) is 13.1 Å². The second-order valence-electron chi connectivity index (χ2n) is 2.87. The Balaban J connectivity index is 2.19. The molecule has 1 rings (SSSR count). The zero-order valence-electron chi connectivity index (χ0n) is 7.05. The molecule has 1 aliphatic heterocycles. The van der Waals surface area contributed by atoms with Crippen molar-refractivity contribution in [2.24, 2.45) is 0 Å². The van der Waals surface area contributed by atoms with Gasteiger partial charge < -0.3 is 4.90 Å². The SMILES string of the molecule is CCC/C=C/C(=O)N1CCC1. The first kappa shape index (κ1) is 8.31. The van der Waals surface area contributed by atoms with E-state index in [0.717, 1.165) is 25.9 Å². The van der Waals surface area contributed by atoms with Crippen LogP contribution in [0.5, 0.6) is 0 Å². The maximum atomic E-state index is 11.1. The fourth-order valence-electron chi connectivity index (χ4n) is 0.993. The van der Waals surface area contributed by atoms with Crippen molar-refractivity contribution in [2.75, 3.05) is 13.1 Å². The van der Waals surface area contributed by atoms with Gasteiger partial charge in [-0.2, -0.15) is 0 Å². The Morgan fingerprint density at radius 3 is 2.73 bits per heavy atom. The summed E-state index contributed by atoms with van der Waals surface area (Å²) >= 11 is 0. The summed E-state index contributed by atoms with van der Waals surface area (Å²) in [4.78, 5) is 13.0. The summed E-state index contributed by atoms with van der Waals surface area (Å²) in [6.45, 7) is 4.02. The highest BCUT2D eigenvalue weighted by Crippen LogP contribution is 2.06. The van der Waals surface area contributed by atoms with Gasteiger partial charge in [0.15, 0.2) is 0 Å². The van der Waals surface area contributed by atoms with Crippen LogP contribution < -0.4 is 0 Å². The van der Waals surface area contributed by atoms with Gasteiger partial charge in [0.2, 0.25) is 5.91 Å². The summed E-state index contributed by atoms with van der Waals surface area (Å²) in [5.74, 6) is 0.185. The fourth-order valence-corrected chi connectivity index (χ4v) is 0.993. The van der Waals surface area contributed by atoms with Crippen LogP contribution in [0.25, 0.3) is 0 Å². The number of allylic oxidation sites excluding steroid dienone is 1. The molecule has 0 aliphatic carbocycles. The van der Waals surface area contributed by atoms with Crippen molar-refractivity contribution in [3.8, 4) is 0 Å². The monoisotopic (exact) mass is 153 g/mol. The molecule has 1 heterocycles. The third kappa shape index (κ3) is 2.37. The molecule has 0 spiro atoms. The normalized spacial score (nSPS) is 17.0. The predicted octanol–water partition coefficient (Wildman–Crippen LogP) is 1.58. The molecular formula is C9H15NO. The molecule has 1 amide bonds. The van der Waals surface area contributed by atoms with E-state index in [1.165, 1.54) is 6.42 Å². The van der Waals surface area contributed by atoms with Gasteiger partial charge in [0.05, 0.1) is 0 Å². The third-order valence-corrected chi connectivity index (χ3v) is 1.88. The maximum absolute atomic E-state index is 11.1. The number of carbonyl (C=O) groups is 1. The Labute approximate surface area is 67.9 Å². The van der Waals surface area contributed by atoms with Crippen molar-refractivity contribution in [1.29, 1.82) is 0 Å². The van der Waals surface area contributed by atoms with E-state index in [-0.39, 0.29) is 5.91 Å². The molecule has 11 heavy (non-hydrogen) atoms. The lowest BCUT2D eigenvalue weighted by molar-refractivity contribution is -0.129. The summed E-state index contributed by atoms with van der Waals surface area (Å²) in [7, 11) is 0. The molecular weight excluding hydrogens is 138 g/mol. The highest BCUT2D eigenvalue weighted by atomic mass is 16.2. The second-order valence-corrected chi connectivity index (χ2v) is 2.87. The van der Waals surface area contributed by atoms with E-state index in [1.54, 1.807) is 6.08 Å². The molecule has 2 heteroatoms. The van der Waals surface area contributed by atoms with Gasteiger partial charge in [-0.3, -0.25) is 4.79 Å². The fraction of sp³-hybridized carbons (Fsp3) is 0.667. The molecule has 1 fully saturated rings. The first-order valence-electron chi connectivity index (χ1n) is 4.30. The summed E-state index contributed by atoms with van der Waals surface area (Å²) in [5.41, 5.74) is 0. The van der Waals surface area contributed by atoms with Gasteiger partial charge in [-0.25, -0.2) is 0 Å². The van der Waals surface area contributed by atoms with Crippen LogP contribution in [0, 0.1) is 0 Å². The van der Waals surface area contributed by atoms with Crippen LogP contribution in [0.4, 0.5) is 0 Å². The molecule has 0 aromatic carbocycles. The Morgan fingerprint density at radius 1 is 1.55 bits per heavy atom. The molecule has 0 N–H and O–H groups in total. The number of likely N-dealkylation sites (tertiary alicyclic amines) is 1. The summed E-state index contributed by atoms with van der Waals surface area (Å²) in [6, 6.07) is 0. The van der Waals surface area contributed by atoms with Crippen LogP contribution in [0.2, 0.25) is 0 Å². The second kappa shape index (κ2) is 4.16. The molecule has 0 atom stereocenters. The maximum Gasteiger partial charge on any atom is 0.246 e. The van der Waals surface area contributed by atoms with Crippen molar-refractivity contribution in [2.45, 2.75) is 26.2 Å². The molecule has 0 saturated carbocycles. The number of rotatable bonds is 3. The van der Waals surface area contributed by atoms with E-state index >= 15 is 0 Å².